The molecule has 140 valence electrons. The third-order valence-corrected chi connectivity index (χ3v) is 4.31. The van der Waals surface area contributed by atoms with Gasteiger partial charge in [0.2, 0.25) is 12.0 Å². The number of hydrogen-bond acceptors (Lipinski definition) is 5. The highest BCUT2D eigenvalue weighted by Crippen LogP contribution is 2.37. The van der Waals surface area contributed by atoms with E-state index in [0.29, 0.717) is 17.0 Å². The number of amides is 2. The Labute approximate surface area is 161 Å². The summed E-state index contributed by atoms with van der Waals surface area (Å²) in [4.78, 5) is 31.2. The Morgan fingerprint density at radius 1 is 1.04 bits per heavy atom. The fourth-order valence-electron chi connectivity index (χ4n) is 3.02. The van der Waals surface area contributed by atoms with E-state index >= 15 is 0 Å². The number of nitrogens with one attached hydrogen (secondary N) is 1. The summed E-state index contributed by atoms with van der Waals surface area (Å²) in [5.74, 6) is 0.154. The van der Waals surface area contributed by atoms with Crippen molar-refractivity contribution < 1.29 is 14.3 Å². The van der Waals surface area contributed by atoms with Crippen molar-refractivity contribution >= 4 is 29.1 Å². The van der Waals surface area contributed by atoms with Gasteiger partial charge in [-0.15, -0.1) is 0 Å². The molecular formula is C21H18N4O3. The quantitative estimate of drug-likeness (QED) is 0.732. The van der Waals surface area contributed by atoms with E-state index in [1.165, 1.54) is 4.90 Å². The molecule has 3 N–H and O–H groups in total. The molecule has 0 bridgehead atoms. The maximum Gasteiger partial charge on any atom is 0.274 e. The Balaban J connectivity index is 1.64. The van der Waals surface area contributed by atoms with Crippen LogP contribution in [0.3, 0.4) is 0 Å². The number of benzene rings is 2. The first-order valence-corrected chi connectivity index (χ1v) is 8.76. The van der Waals surface area contributed by atoms with E-state index < -0.39 is 6.10 Å². The summed E-state index contributed by atoms with van der Waals surface area (Å²) < 4.78 is 5.87. The van der Waals surface area contributed by atoms with Gasteiger partial charge in [0, 0.05) is 11.3 Å². The van der Waals surface area contributed by atoms with E-state index in [2.05, 4.69) is 10.3 Å². The summed E-state index contributed by atoms with van der Waals surface area (Å²) in [6, 6.07) is 21.4. The van der Waals surface area contributed by atoms with E-state index in [0.717, 1.165) is 0 Å². The zero-order chi connectivity index (χ0) is 19.5. The molecule has 2 heterocycles. The van der Waals surface area contributed by atoms with Crippen LogP contribution in [-0.4, -0.2) is 23.3 Å². The Kier molecular flexibility index (Phi) is 4.63. The normalized spacial score (nSPS) is 15.5. The van der Waals surface area contributed by atoms with Crippen molar-refractivity contribution in [3.63, 3.8) is 0 Å². The van der Waals surface area contributed by atoms with Crippen LogP contribution in [0, 0.1) is 0 Å². The molecular weight excluding hydrogens is 356 g/mol. The number of ether oxygens (including phenoxy) is 1. The van der Waals surface area contributed by atoms with Gasteiger partial charge in [-0.2, -0.15) is 0 Å². The molecule has 0 fully saturated rings. The minimum atomic E-state index is -0.858. The minimum absolute atomic E-state index is 0.204. The molecule has 1 unspecified atom stereocenters. The molecule has 1 aliphatic heterocycles. The monoisotopic (exact) mass is 374 g/mol. The summed E-state index contributed by atoms with van der Waals surface area (Å²) in [5.41, 5.74) is 7.13. The Morgan fingerprint density at radius 3 is 2.43 bits per heavy atom. The van der Waals surface area contributed by atoms with E-state index in [9.17, 15) is 9.59 Å². The molecule has 4 rings (SSSR count). The zero-order valence-electron chi connectivity index (χ0n) is 14.9. The van der Waals surface area contributed by atoms with Gasteiger partial charge in [0.05, 0.1) is 0 Å². The van der Waals surface area contributed by atoms with Crippen LogP contribution >= 0.6 is 0 Å². The van der Waals surface area contributed by atoms with Gasteiger partial charge in [0.25, 0.3) is 5.91 Å². The lowest BCUT2D eigenvalue weighted by Gasteiger charge is -2.33. The molecule has 7 nitrogen and oxygen atoms in total. The second-order valence-electron chi connectivity index (χ2n) is 6.31. The molecule has 0 aliphatic carbocycles. The van der Waals surface area contributed by atoms with Crippen molar-refractivity contribution in [2.75, 3.05) is 22.5 Å². The van der Waals surface area contributed by atoms with Crippen molar-refractivity contribution in [1.29, 1.82) is 0 Å². The number of anilines is 3. The van der Waals surface area contributed by atoms with Crippen LogP contribution in [0.15, 0.2) is 72.8 Å². The molecule has 1 atom stereocenters. The summed E-state index contributed by atoms with van der Waals surface area (Å²) >= 11 is 0. The largest absolute Gasteiger partial charge is 0.472 e. The Hall–Kier alpha value is -3.87. The molecule has 0 radical (unpaired) electrons. The van der Waals surface area contributed by atoms with Crippen LogP contribution in [0.25, 0.3) is 0 Å². The second-order valence-corrected chi connectivity index (χ2v) is 6.31. The first kappa shape index (κ1) is 17.5. The number of nitrogens with zero attached hydrogens (tertiary/aromatic N) is 2. The lowest BCUT2D eigenvalue weighted by Crippen LogP contribution is -2.45. The van der Waals surface area contributed by atoms with Crippen LogP contribution in [0.2, 0.25) is 0 Å². The number of hydrogen-bond donors (Lipinski definition) is 2. The molecule has 1 aliphatic rings. The molecule has 7 heteroatoms. The predicted octanol–water partition coefficient (Wildman–Crippen LogP) is 2.77. The highest BCUT2D eigenvalue weighted by molar-refractivity contribution is 6.06. The SMILES string of the molecule is Nc1ccc2c(n1)N(CC(=O)Nc1ccccc1)C(=O)C(c1ccccc1)O2. The lowest BCUT2D eigenvalue weighted by molar-refractivity contribution is -0.128. The van der Waals surface area contributed by atoms with Gasteiger partial charge in [0.15, 0.2) is 11.6 Å². The van der Waals surface area contributed by atoms with E-state index in [4.69, 9.17) is 10.5 Å². The second kappa shape index (κ2) is 7.40. The number of carbonyl (C=O) groups is 2. The maximum atomic E-state index is 13.1. The zero-order valence-corrected chi connectivity index (χ0v) is 14.9. The molecule has 3 aromatic rings. The predicted molar refractivity (Wildman–Crippen MR) is 106 cm³/mol. The third kappa shape index (κ3) is 3.50. The topological polar surface area (TPSA) is 97.5 Å². The van der Waals surface area contributed by atoms with Gasteiger partial charge < -0.3 is 15.8 Å². The van der Waals surface area contributed by atoms with Crippen molar-refractivity contribution in [1.82, 2.24) is 4.98 Å². The van der Waals surface area contributed by atoms with E-state index in [1.807, 2.05) is 36.4 Å². The van der Waals surface area contributed by atoms with Crippen molar-refractivity contribution in [2.45, 2.75) is 6.10 Å². The van der Waals surface area contributed by atoms with Crippen molar-refractivity contribution in [3.8, 4) is 5.75 Å². The molecule has 0 spiro atoms. The molecule has 2 aromatic carbocycles. The van der Waals surface area contributed by atoms with Gasteiger partial charge >= 0.3 is 0 Å². The third-order valence-electron chi connectivity index (χ3n) is 4.31. The van der Waals surface area contributed by atoms with Gasteiger partial charge in [-0.1, -0.05) is 48.5 Å². The maximum absolute atomic E-state index is 13.1. The summed E-state index contributed by atoms with van der Waals surface area (Å²) in [6.45, 7) is -0.204. The fraction of sp³-hybridized carbons (Fsp3) is 0.0952. The van der Waals surface area contributed by atoms with Crippen LogP contribution < -0.4 is 20.7 Å². The number of pyridine rings is 1. The highest BCUT2D eigenvalue weighted by Gasteiger charge is 2.37. The molecule has 0 saturated carbocycles. The van der Waals surface area contributed by atoms with Crippen molar-refractivity contribution in [2.24, 2.45) is 0 Å². The first-order valence-electron chi connectivity index (χ1n) is 8.76. The molecule has 1 aromatic heterocycles. The van der Waals surface area contributed by atoms with Crippen LogP contribution in [0.5, 0.6) is 5.75 Å². The summed E-state index contributed by atoms with van der Waals surface area (Å²) in [6.07, 6.45) is -0.858. The standard InChI is InChI=1S/C21H18N4O3/c22-17-12-11-16-20(24-17)25(13-18(26)23-15-9-5-2-6-10-15)21(27)19(28-16)14-7-3-1-4-8-14/h1-12,19H,13H2,(H2,22,24)(H,23,26). The summed E-state index contributed by atoms with van der Waals surface area (Å²) in [7, 11) is 0. The van der Waals surface area contributed by atoms with Gasteiger partial charge in [0.1, 0.15) is 12.4 Å². The average molecular weight is 374 g/mol. The molecule has 0 saturated heterocycles. The van der Waals surface area contributed by atoms with Crippen LogP contribution in [0.1, 0.15) is 11.7 Å². The lowest BCUT2D eigenvalue weighted by atomic mass is 10.1. The van der Waals surface area contributed by atoms with E-state index in [-0.39, 0.29) is 30.0 Å². The highest BCUT2D eigenvalue weighted by atomic mass is 16.5. The van der Waals surface area contributed by atoms with Crippen LogP contribution in [-0.2, 0) is 9.59 Å². The number of nitrogens with two attached hydrogens (primary N) is 1. The smallest absolute Gasteiger partial charge is 0.274 e. The Bertz CT molecular complexity index is 1010. The molecule has 28 heavy (non-hydrogen) atoms. The number of para-hydroxylation sites is 1. The number of aromatic nitrogens is 1. The Morgan fingerprint density at radius 2 is 1.71 bits per heavy atom. The number of rotatable bonds is 4. The van der Waals surface area contributed by atoms with Gasteiger partial charge in [-0.3, -0.25) is 14.5 Å². The van der Waals surface area contributed by atoms with Gasteiger partial charge in [-0.05, 0) is 24.3 Å². The van der Waals surface area contributed by atoms with Crippen molar-refractivity contribution in [3.05, 3.63) is 78.4 Å². The van der Waals surface area contributed by atoms with Gasteiger partial charge in [-0.25, -0.2) is 4.98 Å². The number of nitrogen functional groups attached to an aromatic ring is 1. The summed E-state index contributed by atoms with van der Waals surface area (Å²) in [5, 5.41) is 2.78. The number of fused-ring (bicyclic) bond motifs is 1. The minimum Gasteiger partial charge on any atom is -0.472 e. The fourth-order valence-corrected chi connectivity index (χ4v) is 3.02. The first-order chi connectivity index (χ1) is 13.6. The average Bonchev–Trinajstić information content (AvgIpc) is 2.71. The van der Waals surface area contributed by atoms with E-state index in [1.54, 1.807) is 36.4 Å². The molecule has 2 amide bonds. The van der Waals surface area contributed by atoms with Crippen LogP contribution in [0.4, 0.5) is 17.3 Å². The number of carbonyl (C=O) groups excluding carboxylic acids is 2.